The summed E-state index contributed by atoms with van der Waals surface area (Å²) in [5, 5.41) is 9.01. The molecule has 2 aromatic carbocycles. The van der Waals surface area contributed by atoms with Crippen molar-refractivity contribution in [3.05, 3.63) is 59.2 Å². The minimum atomic E-state index is -1.01. The zero-order valence-corrected chi connectivity index (χ0v) is 10.4. The largest absolute Gasteiger partial charge is 0.456 e. The maximum absolute atomic E-state index is 13.0. The molecule has 2 nitrogen and oxygen atoms in total. The van der Waals surface area contributed by atoms with Crippen LogP contribution in [0.5, 0.6) is 11.5 Å². The van der Waals surface area contributed by atoms with Crippen molar-refractivity contribution in [1.82, 2.24) is 0 Å². The Balaban J connectivity index is 2.33. The molecule has 0 saturated heterocycles. The summed E-state index contributed by atoms with van der Waals surface area (Å²) < 4.78 is 31.2. The third-order valence-electron chi connectivity index (χ3n) is 2.44. The molecule has 0 saturated carbocycles. The molecular weight excluding hydrogens is 272 g/mol. The maximum atomic E-state index is 13.0. The van der Waals surface area contributed by atoms with Crippen LogP contribution in [0.2, 0.25) is 0 Å². The summed E-state index contributed by atoms with van der Waals surface area (Å²) in [4.78, 5) is 0. The minimum Gasteiger partial charge on any atom is -0.456 e. The first-order valence-electron chi connectivity index (χ1n) is 5.36. The third kappa shape index (κ3) is 3.01. The van der Waals surface area contributed by atoms with E-state index in [1.165, 1.54) is 6.07 Å². The highest BCUT2D eigenvalue weighted by Crippen LogP contribution is 2.27. The molecule has 0 atom stereocenters. The highest BCUT2D eigenvalue weighted by Gasteiger charge is 2.08. The number of hydrogen-bond acceptors (Lipinski definition) is 2. The van der Waals surface area contributed by atoms with Gasteiger partial charge in [-0.05, 0) is 29.8 Å². The van der Waals surface area contributed by atoms with Crippen molar-refractivity contribution < 1.29 is 13.5 Å². The van der Waals surface area contributed by atoms with Crippen LogP contribution in [0.15, 0.2) is 36.4 Å². The molecule has 0 bridgehead atoms. The van der Waals surface area contributed by atoms with Crippen LogP contribution in [0.1, 0.15) is 11.1 Å². The second kappa shape index (κ2) is 5.68. The van der Waals surface area contributed by atoms with Gasteiger partial charge in [0.1, 0.15) is 17.6 Å². The molecule has 0 heterocycles. The van der Waals surface area contributed by atoms with Gasteiger partial charge < -0.3 is 4.74 Å². The van der Waals surface area contributed by atoms with E-state index in [2.05, 4.69) is 0 Å². The van der Waals surface area contributed by atoms with Gasteiger partial charge in [-0.3, -0.25) is 0 Å². The average Bonchev–Trinajstić information content (AvgIpc) is 2.43. The number of nitrogens with zero attached hydrogens (tertiary/aromatic N) is 1. The zero-order chi connectivity index (χ0) is 13.8. The summed E-state index contributed by atoms with van der Waals surface area (Å²) in [5.74, 6) is -1.30. The lowest BCUT2D eigenvalue weighted by atomic mass is 10.1. The molecule has 0 N–H and O–H groups in total. The molecule has 2 rings (SSSR count). The lowest BCUT2D eigenvalue weighted by Gasteiger charge is -2.08. The standard InChI is InChI=1S/C14H8ClF2NO/c15-7-9-1-4-14(10(5-9)8-18)19-11-2-3-12(16)13(17)6-11/h1-6H,7H2. The second-order valence-corrected chi connectivity index (χ2v) is 4.02. The maximum Gasteiger partial charge on any atom is 0.162 e. The molecule has 0 aliphatic rings. The molecular formula is C14H8ClF2NO. The van der Waals surface area contributed by atoms with E-state index >= 15 is 0 Å². The summed E-state index contributed by atoms with van der Waals surface area (Å²) in [7, 11) is 0. The van der Waals surface area contributed by atoms with Crippen molar-refractivity contribution in [1.29, 1.82) is 5.26 Å². The number of ether oxygens (including phenoxy) is 1. The lowest BCUT2D eigenvalue weighted by Crippen LogP contribution is -1.92. The molecule has 2 aromatic rings. The van der Waals surface area contributed by atoms with Gasteiger partial charge in [0.2, 0.25) is 0 Å². The Bertz CT molecular complexity index is 652. The first kappa shape index (κ1) is 13.3. The van der Waals surface area contributed by atoms with Crippen molar-refractivity contribution in [3.8, 4) is 17.6 Å². The molecule has 5 heteroatoms. The number of nitriles is 1. The van der Waals surface area contributed by atoms with Crippen molar-refractivity contribution in [3.63, 3.8) is 0 Å². The quantitative estimate of drug-likeness (QED) is 0.782. The first-order valence-corrected chi connectivity index (χ1v) is 5.89. The predicted octanol–water partition coefficient (Wildman–Crippen LogP) is 4.37. The van der Waals surface area contributed by atoms with Crippen molar-refractivity contribution in [2.45, 2.75) is 5.88 Å². The van der Waals surface area contributed by atoms with E-state index in [4.69, 9.17) is 21.6 Å². The molecule has 19 heavy (non-hydrogen) atoms. The van der Waals surface area contributed by atoms with Crippen LogP contribution in [0.4, 0.5) is 8.78 Å². The van der Waals surface area contributed by atoms with Crippen molar-refractivity contribution in [2.75, 3.05) is 0 Å². The molecule has 0 aromatic heterocycles. The van der Waals surface area contributed by atoms with E-state index in [0.717, 1.165) is 17.7 Å². The number of halogens is 3. The normalized spacial score (nSPS) is 10.0. The van der Waals surface area contributed by atoms with Gasteiger partial charge in [-0.15, -0.1) is 11.6 Å². The Morgan fingerprint density at radius 3 is 2.53 bits per heavy atom. The van der Waals surface area contributed by atoms with E-state index in [0.29, 0.717) is 0 Å². The highest BCUT2D eigenvalue weighted by atomic mass is 35.5. The average molecular weight is 280 g/mol. The molecule has 0 aliphatic carbocycles. The van der Waals surface area contributed by atoms with E-state index in [-0.39, 0.29) is 22.9 Å². The Kier molecular flexibility index (Phi) is 3.98. The monoisotopic (exact) mass is 279 g/mol. The summed E-state index contributed by atoms with van der Waals surface area (Å²) >= 11 is 5.67. The molecule has 0 unspecified atom stereocenters. The Labute approximate surface area is 113 Å². The van der Waals surface area contributed by atoms with Crippen LogP contribution in [-0.2, 0) is 5.88 Å². The van der Waals surface area contributed by atoms with Crippen LogP contribution in [0.25, 0.3) is 0 Å². The molecule has 0 radical (unpaired) electrons. The lowest BCUT2D eigenvalue weighted by molar-refractivity contribution is 0.460. The van der Waals surface area contributed by atoms with E-state index in [1.54, 1.807) is 18.2 Å². The number of hydrogen-bond donors (Lipinski definition) is 0. The summed E-state index contributed by atoms with van der Waals surface area (Å²) in [6, 6.07) is 9.99. The van der Waals surface area contributed by atoms with Crippen LogP contribution in [0, 0.1) is 23.0 Å². The topological polar surface area (TPSA) is 33.0 Å². The number of alkyl halides is 1. The first-order chi connectivity index (χ1) is 9.13. The van der Waals surface area contributed by atoms with Gasteiger partial charge in [-0.25, -0.2) is 8.78 Å². The Morgan fingerprint density at radius 2 is 1.89 bits per heavy atom. The van der Waals surface area contributed by atoms with E-state index in [9.17, 15) is 8.78 Å². The Hall–Kier alpha value is -2.12. The zero-order valence-electron chi connectivity index (χ0n) is 9.66. The third-order valence-corrected chi connectivity index (χ3v) is 2.75. The number of rotatable bonds is 3. The van der Waals surface area contributed by atoms with Gasteiger partial charge >= 0.3 is 0 Å². The van der Waals surface area contributed by atoms with E-state index in [1.807, 2.05) is 6.07 Å². The van der Waals surface area contributed by atoms with Crippen molar-refractivity contribution >= 4 is 11.6 Å². The fourth-order valence-electron chi connectivity index (χ4n) is 1.50. The Morgan fingerprint density at radius 1 is 1.11 bits per heavy atom. The highest BCUT2D eigenvalue weighted by molar-refractivity contribution is 6.17. The summed E-state index contributed by atoms with van der Waals surface area (Å²) in [6.07, 6.45) is 0. The van der Waals surface area contributed by atoms with Crippen LogP contribution >= 0.6 is 11.6 Å². The molecule has 0 spiro atoms. The van der Waals surface area contributed by atoms with Crippen LogP contribution in [0.3, 0.4) is 0 Å². The van der Waals surface area contributed by atoms with Gasteiger partial charge in [0.15, 0.2) is 11.6 Å². The minimum absolute atomic E-state index is 0.119. The number of benzene rings is 2. The fraction of sp³-hybridized carbons (Fsp3) is 0.0714. The summed E-state index contributed by atoms with van der Waals surface area (Å²) in [5.41, 5.74) is 1.05. The molecule has 0 fully saturated rings. The van der Waals surface area contributed by atoms with Gasteiger partial charge in [-0.2, -0.15) is 5.26 Å². The molecule has 0 amide bonds. The van der Waals surface area contributed by atoms with Crippen LogP contribution in [-0.4, -0.2) is 0 Å². The van der Waals surface area contributed by atoms with Gasteiger partial charge in [0, 0.05) is 11.9 Å². The van der Waals surface area contributed by atoms with Gasteiger partial charge in [-0.1, -0.05) is 6.07 Å². The van der Waals surface area contributed by atoms with Gasteiger partial charge in [0.05, 0.1) is 5.56 Å². The summed E-state index contributed by atoms with van der Waals surface area (Å²) in [6.45, 7) is 0. The van der Waals surface area contributed by atoms with Gasteiger partial charge in [0.25, 0.3) is 0 Å². The molecule has 0 aliphatic heterocycles. The van der Waals surface area contributed by atoms with Crippen molar-refractivity contribution in [2.24, 2.45) is 0 Å². The second-order valence-electron chi connectivity index (χ2n) is 3.75. The fourth-order valence-corrected chi connectivity index (χ4v) is 1.67. The SMILES string of the molecule is N#Cc1cc(CCl)ccc1Oc1ccc(F)c(F)c1. The smallest absolute Gasteiger partial charge is 0.162 e. The predicted molar refractivity (Wildman–Crippen MR) is 67.1 cm³/mol. The van der Waals surface area contributed by atoms with Crippen LogP contribution < -0.4 is 4.74 Å². The van der Waals surface area contributed by atoms with E-state index < -0.39 is 11.6 Å². The molecule has 96 valence electrons.